The molecule has 3 N–H and O–H groups in total. The third-order valence-electron chi connectivity index (χ3n) is 2.20. The van der Waals surface area contributed by atoms with Gasteiger partial charge >= 0.3 is 5.69 Å². The average Bonchev–Trinajstić information content (AvgIpc) is 2.88. The van der Waals surface area contributed by atoms with Crippen LogP contribution in [0.5, 0.6) is 0 Å². The maximum atomic E-state index is 11.3. The van der Waals surface area contributed by atoms with Crippen LogP contribution >= 0.6 is 0 Å². The molecule has 1 heterocycles. The molecule has 0 radical (unpaired) electrons. The van der Waals surface area contributed by atoms with Crippen molar-refractivity contribution in [2.45, 2.75) is 31.7 Å². The zero-order chi connectivity index (χ0) is 9.26. The fraction of sp³-hybridized carbons (Fsp3) is 0.750. The first kappa shape index (κ1) is 8.50. The predicted molar refractivity (Wildman–Crippen MR) is 48.5 cm³/mol. The normalized spacial score (nSPS) is 16.4. The summed E-state index contributed by atoms with van der Waals surface area (Å²) in [6.07, 6.45) is 3.81. The second-order valence-electron chi connectivity index (χ2n) is 3.44. The quantitative estimate of drug-likeness (QED) is 0.676. The van der Waals surface area contributed by atoms with E-state index in [9.17, 15) is 4.79 Å². The molecule has 0 aliphatic heterocycles. The van der Waals surface area contributed by atoms with Gasteiger partial charge in [-0.1, -0.05) is 0 Å². The first-order chi connectivity index (χ1) is 6.31. The van der Waals surface area contributed by atoms with E-state index < -0.39 is 0 Å². The Labute approximate surface area is 75.9 Å². The molecule has 1 saturated carbocycles. The molecule has 0 amide bonds. The highest BCUT2D eigenvalue weighted by Gasteiger charge is 2.26. The molecule has 2 rings (SSSR count). The van der Waals surface area contributed by atoms with Crippen molar-refractivity contribution in [2.24, 2.45) is 5.73 Å². The first-order valence-corrected chi connectivity index (χ1v) is 4.69. The minimum absolute atomic E-state index is 0.0745. The van der Waals surface area contributed by atoms with Crippen molar-refractivity contribution in [1.82, 2.24) is 14.8 Å². The molecule has 0 atom stereocenters. The van der Waals surface area contributed by atoms with E-state index in [1.807, 2.05) is 0 Å². The number of nitrogens with two attached hydrogens (primary N) is 1. The fourth-order valence-corrected chi connectivity index (χ4v) is 1.33. The zero-order valence-electron chi connectivity index (χ0n) is 7.49. The molecule has 1 aromatic rings. The zero-order valence-corrected chi connectivity index (χ0v) is 7.49. The van der Waals surface area contributed by atoms with E-state index in [1.54, 1.807) is 4.68 Å². The molecule has 0 spiro atoms. The SMILES string of the molecule is NCCCc1nn(C2CC2)c(=O)[nH]1. The van der Waals surface area contributed by atoms with Crippen molar-refractivity contribution in [1.29, 1.82) is 0 Å². The van der Waals surface area contributed by atoms with Gasteiger partial charge in [-0.2, -0.15) is 5.10 Å². The molecular weight excluding hydrogens is 168 g/mol. The Morgan fingerprint density at radius 1 is 1.62 bits per heavy atom. The lowest BCUT2D eigenvalue weighted by Crippen LogP contribution is -2.16. The van der Waals surface area contributed by atoms with E-state index in [-0.39, 0.29) is 5.69 Å². The van der Waals surface area contributed by atoms with Gasteiger partial charge in [0.25, 0.3) is 0 Å². The van der Waals surface area contributed by atoms with Crippen LogP contribution in [0.2, 0.25) is 0 Å². The molecule has 1 aromatic heterocycles. The van der Waals surface area contributed by atoms with Crippen LogP contribution in [-0.4, -0.2) is 21.3 Å². The lowest BCUT2D eigenvalue weighted by atomic mass is 10.3. The molecule has 13 heavy (non-hydrogen) atoms. The van der Waals surface area contributed by atoms with Crippen LogP contribution in [0.4, 0.5) is 0 Å². The molecular formula is C8H14N4O. The van der Waals surface area contributed by atoms with Crippen LogP contribution < -0.4 is 11.4 Å². The van der Waals surface area contributed by atoms with Crippen molar-refractivity contribution in [3.8, 4) is 0 Å². The Kier molecular flexibility index (Phi) is 2.18. The summed E-state index contributed by atoms with van der Waals surface area (Å²) in [7, 11) is 0. The average molecular weight is 182 g/mol. The van der Waals surface area contributed by atoms with E-state index in [0.717, 1.165) is 31.5 Å². The number of aromatic nitrogens is 3. The predicted octanol–water partition coefficient (Wildman–Crippen LogP) is -0.202. The topological polar surface area (TPSA) is 76.7 Å². The second kappa shape index (κ2) is 3.33. The number of H-pyrrole nitrogens is 1. The largest absolute Gasteiger partial charge is 0.343 e. The van der Waals surface area contributed by atoms with Crippen LogP contribution in [0.25, 0.3) is 0 Å². The molecule has 0 bridgehead atoms. The smallest absolute Gasteiger partial charge is 0.330 e. The van der Waals surface area contributed by atoms with Gasteiger partial charge in [-0.05, 0) is 25.8 Å². The second-order valence-corrected chi connectivity index (χ2v) is 3.44. The Balaban J connectivity index is 2.10. The van der Waals surface area contributed by atoms with E-state index in [0.29, 0.717) is 12.6 Å². The van der Waals surface area contributed by atoms with Crippen LogP contribution in [0.1, 0.15) is 31.1 Å². The number of nitrogens with one attached hydrogen (secondary N) is 1. The Morgan fingerprint density at radius 2 is 2.38 bits per heavy atom. The number of aromatic amines is 1. The third kappa shape index (κ3) is 1.80. The van der Waals surface area contributed by atoms with Crippen LogP contribution in [0.15, 0.2) is 4.79 Å². The van der Waals surface area contributed by atoms with Gasteiger partial charge in [-0.3, -0.25) is 4.98 Å². The van der Waals surface area contributed by atoms with Gasteiger partial charge < -0.3 is 5.73 Å². The van der Waals surface area contributed by atoms with Gasteiger partial charge in [0.1, 0.15) is 5.82 Å². The van der Waals surface area contributed by atoms with Crippen molar-refractivity contribution in [2.75, 3.05) is 6.54 Å². The summed E-state index contributed by atoms with van der Waals surface area (Å²) in [4.78, 5) is 14.0. The summed E-state index contributed by atoms with van der Waals surface area (Å²) in [5, 5.41) is 4.20. The van der Waals surface area contributed by atoms with Crippen molar-refractivity contribution < 1.29 is 0 Å². The molecule has 0 unspecified atom stereocenters. The number of hydrogen-bond donors (Lipinski definition) is 2. The van der Waals surface area contributed by atoms with E-state index in [2.05, 4.69) is 10.1 Å². The molecule has 5 heteroatoms. The van der Waals surface area contributed by atoms with Crippen molar-refractivity contribution >= 4 is 0 Å². The molecule has 5 nitrogen and oxygen atoms in total. The van der Waals surface area contributed by atoms with Gasteiger partial charge in [0, 0.05) is 6.42 Å². The van der Waals surface area contributed by atoms with Crippen molar-refractivity contribution in [3.05, 3.63) is 16.3 Å². The summed E-state index contributed by atoms with van der Waals surface area (Å²) in [6.45, 7) is 0.637. The Morgan fingerprint density at radius 3 is 3.00 bits per heavy atom. The lowest BCUT2D eigenvalue weighted by molar-refractivity contribution is 0.606. The maximum absolute atomic E-state index is 11.3. The molecule has 1 aliphatic rings. The first-order valence-electron chi connectivity index (χ1n) is 4.69. The number of aryl methyl sites for hydroxylation is 1. The van der Waals surface area contributed by atoms with Crippen LogP contribution in [-0.2, 0) is 6.42 Å². The summed E-state index contributed by atoms with van der Waals surface area (Å²) in [6, 6.07) is 0.357. The molecule has 1 aliphatic carbocycles. The Bertz CT molecular complexity index is 336. The van der Waals surface area contributed by atoms with Gasteiger partial charge in [0.05, 0.1) is 6.04 Å². The number of hydrogen-bond acceptors (Lipinski definition) is 3. The summed E-state index contributed by atoms with van der Waals surface area (Å²) in [5.41, 5.74) is 5.29. The highest BCUT2D eigenvalue weighted by Crippen LogP contribution is 2.32. The minimum Gasteiger partial charge on any atom is -0.330 e. The van der Waals surface area contributed by atoms with E-state index in [4.69, 9.17) is 5.73 Å². The molecule has 72 valence electrons. The Hall–Kier alpha value is -1.10. The summed E-state index contributed by atoms with van der Waals surface area (Å²) < 4.78 is 1.56. The van der Waals surface area contributed by atoms with Crippen LogP contribution in [0.3, 0.4) is 0 Å². The lowest BCUT2D eigenvalue weighted by Gasteiger charge is -1.92. The standard InChI is InChI=1S/C8H14N4O/c9-5-1-2-7-10-8(13)12(11-7)6-3-4-6/h6H,1-5,9H2,(H,10,11,13). The van der Waals surface area contributed by atoms with Gasteiger partial charge in [0.2, 0.25) is 0 Å². The minimum atomic E-state index is -0.0745. The van der Waals surface area contributed by atoms with Gasteiger partial charge in [0.15, 0.2) is 0 Å². The van der Waals surface area contributed by atoms with Gasteiger partial charge in [-0.25, -0.2) is 9.48 Å². The number of nitrogens with zero attached hydrogens (tertiary/aromatic N) is 2. The van der Waals surface area contributed by atoms with Crippen molar-refractivity contribution in [3.63, 3.8) is 0 Å². The summed E-state index contributed by atoms with van der Waals surface area (Å²) in [5.74, 6) is 0.766. The van der Waals surface area contributed by atoms with Gasteiger partial charge in [-0.15, -0.1) is 0 Å². The maximum Gasteiger partial charge on any atom is 0.343 e. The molecule has 0 saturated heterocycles. The molecule has 0 aromatic carbocycles. The van der Waals surface area contributed by atoms with E-state index in [1.165, 1.54) is 0 Å². The number of rotatable bonds is 4. The van der Waals surface area contributed by atoms with Crippen LogP contribution in [0, 0.1) is 0 Å². The highest BCUT2D eigenvalue weighted by molar-refractivity contribution is 4.88. The summed E-state index contributed by atoms with van der Waals surface area (Å²) >= 11 is 0. The van der Waals surface area contributed by atoms with E-state index >= 15 is 0 Å². The molecule has 1 fully saturated rings. The fourth-order valence-electron chi connectivity index (χ4n) is 1.33. The highest BCUT2D eigenvalue weighted by atomic mass is 16.2. The third-order valence-corrected chi connectivity index (χ3v) is 2.20. The monoisotopic (exact) mass is 182 g/mol.